The summed E-state index contributed by atoms with van der Waals surface area (Å²) >= 11 is 6.08. The van der Waals surface area contributed by atoms with Gasteiger partial charge in [-0.1, -0.05) is 23.7 Å². The van der Waals surface area contributed by atoms with E-state index >= 15 is 0 Å². The molecule has 1 aromatic carbocycles. The van der Waals surface area contributed by atoms with Gasteiger partial charge in [-0.3, -0.25) is 0 Å². The van der Waals surface area contributed by atoms with E-state index in [2.05, 4.69) is 25.7 Å². The number of benzene rings is 1. The highest BCUT2D eigenvalue weighted by molar-refractivity contribution is 7.89. The van der Waals surface area contributed by atoms with E-state index in [9.17, 15) is 13.3 Å². The van der Waals surface area contributed by atoms with Gasteiger partial charge in [0, 0.05) is 44.0 Å². The van der Waals surface area contributed by atoms with Crippen molar-refractivity contribution in [3.8, 4) is 0 Å². The predicted molar refractivity (Wildman–Crippen MR) is 147 cm³/mol. The van der Waals surface area contributed by atoms with Gasteiger partial charge in [-0.25, -0.2) is 27.7 Å². The SMILES string of the molecule is CN(C)S(=O)(=O)c1cc(C2CC2)cn2cc(CNc3cc(N[N+](=O)[C@H]4C[C@@H]4c4cccc(Cl)c4)ncn3)nc12. The number of anilines is 2. The van der Waals surface area contributed by atoms with Crippen LogP contribution < -0.4 is 10.7 Å². The molecule has 2 fully saturated rings. The van der Waals surface area contributed by atoms with Crippen molar-refractivity contribution in [3.63, 3.8) is 0 Å². The van der Waals surface area contributed by atoms with Gasteiger partial charge in [0.1, 0.15) is 21.9 Å². The number of imidazole rings is 1. The Morgan fingerprint density at radius 2 is 1.90 bits per heavy atom. The second kappa shape index (κ2) is 9.85. The summed E-state index contributed by atoms with van der Waals surface area (Å²) in [5, 5.41) is 3.84. The Morgan fingerprint density at radius 1 is 1.10 bits per heavy atom. The van der Waals surface area contributed by atoms with E-state index in [1.807, 2.05) is 36.7 Å². The molecule has 3 aromatic heterocycles. The average molecular weight is 568 g/mol. The van der Waals surface area contributed by atoms with Crippen LogP contribution in [0.5, 0.6) is 0 Å². The van der Waals surface area contributed by atoms with Gasteiger partial charge in [-0.15, -0.1) is 5.43 Å². The van der Waals surface area contributed by atoms with Crippen molar-refractivity contribution < 1.29 is 13.3 Å². The Kier molecular flexibility index (Phi) is 6.48. The van der Waals surface area contributed by atoms with Gasteiger partial charge in [-0.2, -0.15) is 0 Å². The number of nitrogens with zero attached hydrogens (tertiary/aromatic N) is 6. The molecular formula is C26H28ClN8O3S+. The molecule has 11 nitrogen and oxygen atoms in total. The van der Waals surface area contributed by atoms with Crippen LogP contribution in [0.1, 0.15) is 47.9 Å². The van der Waals surface area contributed by atoms with E-state index < -0.39 is 10.0 Å². The van der Waals surface area contributed by atoms with Crippen LogP contribution in [-0.2, 0) is 16.6 Å². The maximum absolute atomic E-state index is 13.0. The number of fused-ring (bicyclic) bond motifs is 1. The maximum Gasteiger partial charge on any atom is 0.246 e. The van der Waals surface area contributed by atoms with Crippen LogP contribution in [0.15, 0.2) is 60.0 Å². The lowest BCUT2D eigenvalue weighted by atomic mass is 10.1. The van der Waals surface area contributed by atoms with Crippen LogP contribution in [0.4, 0.5) is 11.6 Å². The van der Waals surface area contributed by atoms with Gasteiger partial charge >= 0.3 is 0 Å². The maximum atomic E-state index is 13.0. The van der Waals surface area contributed by atoms with Crippen molar-refractivity contribution >= 4 is 38.9 Å². The Balaban J connectivity index is 1.15. The van der Waals surface area contributed by atoms with E-state index in [-0.39, 0.29) is 16.9 Å². The minimum absolute atomic E-state index is 0.116. The molecular weight excluding hydrogens is 540 g/mol. The largest absolute Gasteiger partial charge is 0.364 e. The lowest BCUT2D eigenvalue weighted by Gasteiger charge is -2.13. The highest BCUT2D eigenvalue weighted by Gasteiger charge is 2.52. The summed E-state index contributed by atoms with van der Waals surface area (Å²) in [6.45, 7) is 0.304. The molecule has 0 spiro atoms. The Labute approximate surface area is 230 Å². The molecule has 0 aliphatic heterocycles. The van der Waals surface area contributed by atoms with Crippen molar-refractivity contribution in [3.05, 3.63) is 81.9 Å². The molecule has 0 radical (unpaired) electrons. The highest BCUT2D eigenvalue weighted by atomic mass is 35.5. The molecule has 0 amide bonds. The van der Waals surface area contributed by atoms with Crippen LogP contribution in [0.2, 0.25) is 5.02 Å². The Morgan fingerprint density at radius 3 is 2.64 bits per heavy atom. The molecule has 3 heterocycles. The molecule has 39 heavy (non-hydrogen) atoms. The zero-order valence-corrected chi connectivity index (χ0v) is 23.0. The summed E-state index contributed by atoms with van der Waals surface area (Å²) in [4.78, 5) is 26.7. The second-order valence-electron chi connectivity index (χ2n) is 10.2. The fourth-order valence-corrected chi connectivity index (χ4v) is 5.94. The fourth-order valence-electron chi connectivity index (χ4n) is 4.68. The minimum atomic E-state index is -3.67. The zero-order chi connectivity index (χ0) is 27.3. The number of hydrogen-bond acceptors (Lipinski definition) is 7. The number of halogens is 1. The number of nitrogens with one attached hydrogen (secondary N) is 2. The molecule has 2 aliphatic rings. The van der Waals surface area contributed by atoms with E-state index in [1.54, 1.807) is 16.5 Å². The molecule has 202 valence electrons. The van der Waals surface area contributed by atoms with E-state index in [0.717, 1.165) is 35.3 Å². The molecule has 2 saturated carbocycles. The fraction of sp³-hybridized carbons (Fsp3) is 0.346. The Bertz CT molecular complexity index is 1690. The topological polar surface area (TPSA) is 125 Å². The summed E-state index contributed by atoms with van der Waals surface area (Å²) < 4.78 is 29.0. The number of rotatable bonds is 10. The lowest BCUT2D eigenvalue weighted by molar-refractivity contribution is -0.534. The van der Waals surface area contributed by atoms with Gasteiger partial charge < -0.3 is 9.72 Å². The molecule has 6 rings (SSSR count). The first-order valence-electron chi connectivity index (χ1n) is 12.7. The molecule has 13 heteroatoms. The first kappa shape index (κ1) is 25.7. The van der Waals surface area contributed by atoms with Crippen molar-refractivity contribution in [1.29, 1.82) is 0 Å². The lowest BCUT2D eigenvalue weighted by Crippen LogP contribution is -2.23. The summed E-state index contributed by atoms with van der Waals surface area (Å²) in [5.41, 5.74) is 5.88. The third-order valence-electron chi connectivity index (χ3n) is 7.07. The summed E-state index contributed by atoms with van der Waals surface area (Å²) in [6.07, 6.45) is 8.00. The van der Waals surface area contributed by atoms with Crippen LogP contribution >= 0.6 is 11.6 Å². The summed E-state index contributed by atoms with van der Waals surface area (Å²) in [7, 11) is -0.630. The molecule has 2 atom stereocenters. The molecule has 0 bridgehead atoms. The first-order valence-corrected chi connectivity index (χ1v) is 14.5. The van der Waals surface area contributed by atoms with Gasteiger partial charge in [0.25, 0.3) is 0 Å². The number of aromatic nitrogens is 4. The summed E-state index contributed by atoms with van der Waals surface area (Å²) in [6, 6.07) is 10.7. The quantitative estimate of drug-likeness (QED) is 0.216. The zero-order valence-electron chi connectivity index (χ0n) is 21.5. The molecule has 0 unspecified atom stereocenters. The normalized spacial score (nSPS) is 18.9. The second-order valence-corrected chi connectivity index (χ2v) is 12.8. The molecule has 0 saturated heterocycles. The first-order chi connectivity index (χ1) is 18.7. The number of sulfonamides is 1. The monoisotopic (exact) mass is 567 g/mol. The smallest absolute Gasteiger partial charge is 0.246 e. The number of nitroso groups, excluding NO2 is 1. The number of hydrazine groups is 1. The summed E-state index contributed by atoms with van der Waals surface area (Å²) in [5.74, 6) is 1.37. The predicted octanol–water partition coefficient (Wildman–Crippen LogP) is 4.18. The van der Waals surface area contributed by atoms with Gasteiger partial charge in [0.15, 0.2) is 11.5 Å². The highest BCUT2D eigenvalue weighted by Crippen LogP contribution is 2.43. The minimum Gasteiger partial charge on any atom is -0.364 e. The third kappa shape index (κ3) is 5.32. The van der Waals surface area contributed by atoms with Crippen LogP contribution in [-0.4, -0.2) is 57.1 Å². The van der Waals surface area contributed by atoms with Gasteiger partial charge in [-0.05, 0) is 48.1 Å². The number of hydrogen-bond donors (Lipinski definition) is 2. The van der Waals surface area contributed by atoms with E-state index in [0.29, 0.717) is 40.5 Å². The number of pyridine rings is 1. The van der Waals surface area contributed by atoms with Crippen molar-refractivity contribution in [1.82, 2.24) is 23.7 Å². The van der Waals surface area contributed by atoms with Crippen LogP contribution in [0, 0.1) is 4.91 Å². The van der Waals surface area contributed by atoms with E-state index in [4.69, 9.17) is 11.6 Å². The molecule has 2 aliphatic carbocycles. The molecule has 4 aromatic rings. The van der Waals surface area contributed by atoms with Crippen LogP contribution in [0.3, 0.4) is 0 Å². The average Bonchev–Trinajstić information content (AvgIpc) is 3.83. The van der Waals surface area contributed by atoms with Crippen LogP contribution in [0.25, 0.3) is 5.65 Å². The Hall–Kier alpha value is -3.61. The van der Waals surface area contributed by atoms with Gasteiger partial charge in [0.2, 0.25) is 16.1 Å². The molecule has 2 N–H and O–H groups in total. The van der Waals surface area contributed by atoms with Crippen molar-refractivity contribution in [2.24, 2.45) is 0 Å². The van der Waals surface area contributed by atoms with Crippen molar-refractivity contribution in [2.75, 3.05) is 24.8 Å². The standard InChI is InChI=1S/C26H28ClN8O3S/c1-33(2)39(37,38)23-9-18(16-6-7-16)13-34-14-20(31-26(23)34)12-28-24-11-25(30-15-29-24)32-35(36)22-10-21(22)17-4-3-5-19(27)8-17/h3-5,8-9,11,13-16,21-22H,6-7,10,12H2,1-2H3,(H2,28,29,30,32,36)/q+1/t21-,22+/m1/s1. The van der Waals surface area contributed by atoms with Crippen molar-refractivity contribution in [2.45, 2.75) is 48.6 Å². The van der Waals surface area contributed by atoms with E-state index in [1.165, 1.54) is 24.7 Å². The third-order valence-corrected chi connectivity index (χ3v) is 9.13. The van der Waals surface area contributed by atoms with Gasteiger partial charge in [0.05, 0.1) is 23.1 Å².